The molecular weight excluding hydrogens is 248 g/mol. The maximum absolute atomic E-state index is 8.96. The molecule has 0 saturated heterocycles. The Bertz CT molecular complexity index is 127. The summed E-state index contributed by atoms with van der Waals surface area (Å²) >= 11 is 0. The molecule has 0 bridgehead atoms. The van der Waals surface area contributed by atoms with Crippen molar-refractivity contribution in [2.24, 2.45) is 0 Å². The minimum Gasteiger partial charge on any atom is -1.00 e. The molecule has 6 nitrogen and oxygen atoms in total. The molecule has 0 aliphatic carbocycles. The van der Waals surface area contributed by atoms with E-state index in [9.17, 15) is 0 Å². The number of hydrogen-bond donors (Lipinski definition) is 6. The van der Waals surface area contributed by atoms with Gasteiger partial charge in [-0.1, -0.05) is 0 Å². The Morgan fingerprint density at radius 3 is 1.07 bits per heavy atom. The third-order valence-corrected chi connectivity index (χ3v) is 1.51. The first-order valence-corrected chi connectivity index (χ1v) is 3.48. The van der Waals surface area contributed by atoms with Crippen molar-refractivity contribution in [1.82, 2.24) is 0 Å². The number of aliphatic hydroxyl groups is 6. The van der Waals surface area contributed by atoms with Crippen LogP contribution in [0.15, 0.2) is 0 Å². The molecule has 0 fully saturated rings. The molecule has 6 N–H and O–H groups in total. The van der Waals surface area contributed by atoms with Crippen LogP contribution in [-0.2, 0) is 0 Å². The minimum atomic E-state index is -1.67. The molecule has 0 saturated carbocycles. The van der Waals surface area contributed by atoms with Gasteiger partial charge in [-0.05, 0) is 0 Å². The van der Waals surface area contributed by atoms with Gasteiger partial charge >= 0.3 is 75.5 Å². The second-order valence-corrected chi connectivity index (χ2v) is 2.48. The summed E-state index contributed by atoms with van der Waals surface area (Å²) in [4.78, 5) is 0. The van der Waals surface area contributed by atoms with Crippen LogP contribution in [0.5, 0.6) is 0 Å². The maximum atomic E-state index is 8.96. The quantitative estimate of drug-likeness (QED) is 0.283. The SMILES string of the molecule is OCC(O)C(O)C(O)C(O)CO.[Ca+2].[Ca+2].[H-].[H-].[H-].[H-]. The Morgan fingerprint density at radius 1 is 0.714 bits per heavy atom. The molecule has 0 radical (unpaired) electrons. The zero-order valence-electron chi connectivity index (χ0n) is 11.8. The Morgan fingerprint density at radius 2 is 0.929 bits per heavy atom. The summed E-state index contributed by atoms with van der Waals surface area (Å²) in [6.07, 6.45) is -6.39. The normalized spacial score (nSPS) is 18.4. The molecule has 0 aromatic rings. The molecule has 0 spiro atoms. The molecule has 0 amide bonds. The van der Waals surface area contributed by atoms with Crippen molar-refractivity contribution in [3.8, 4) is 0 Å². The van der Waals surface area contributed by atoms with Gasteiger partial charge in [0.1, 0.15) is 24.4 Å². The average molecular weight is 266 g/mol. The van der Waals surface area contributed by atoms with Gasteiger partial charge in [0.15, 0.2) is 0 Å². The standard InChI is InChI=1S/C6H14O6.2Ca.4H/c7-1-3(9)5(11)6(12)4(10)2-8;;;;;;/h3-12H,1-2H2;;;;;;/q;2*+2;4*-1. The summed E-state index contributed by atoms with van der Waals surface area (Å²) < 4.78 is 0. The van der Waals surface area contributed by atoms with E-state index in [1.807, 2.05) is 0 Å². The van der Waals surface area contributed by atoms with Gasteiger partial charge in [-0.3, -0.25) is 0 Å². The van der Waals surface area contributed by atoms with E-state index in [-0.39, 0.29) is 81.2 Å². The first-order chi connectivity index (χ1) is 5.54. The molecule has 8 heteroatoms. The van der Waals surface area contributed by atoms with Crippen molar-refractivity contribution in [3.63, 3.8) is 0 Å². The van der Waals surface area contributed by atoms with E-state index in [0.717, 1.165) is 0 Å². The second kappa shape index (κ2) is 11.8. The van der Waals surface area contributed by atoms with E-state index in [1.54, 1.807) is 0 Å². The summed E-state index contributed by atoms with van der Waals surface area (Å²) in [5.74, 6) is 0. The van der Waals surface area contributed by atoms with E-state index in [0.29, 0.717) is 0 Å². The third kappa shape index (κ3) is 7.54. The van der Waals surface area contributed by atoms with E-state index in [4.69, 9.17) is 30.6 Å². The Kier molecular flexibility index (Phi) is 18.1. The van der Waals surface area contributed by atoms with Crippen molar-refractivity contribution in [2.45, 2.75) is 24.4 Å². The van der Waals surface area contributed by atoms with E-state index in [2.05, 4.69) is 0 Å². The summed E-state index contributed by atoms with van der Waals surface area (Å²) in [6.45, 7) is -1.45. The Labute approximate surface area is 148 Å². The van der Waals surface area contributed by atoms with Gasteiger partial charge in [-0.2, -0.15) is 0 Å². The van der Waals surface area contributed by atoms with Crippen molar-refractivity contribution < 1.29 is 36.3 Å². The monoisotopic (exact) mass is 266 g/mol. The number of hydrogen-bond acceptors (Lipinski definition) is 6. The van der Waals surface area contributed by atoms with Crippen molar-refractivity contribution in [1.29, 1.82) is 0 Å². The fourth-order valence-electron chi connectivity index (χ4n) is 0.671. The van der Waals surface area contributed by atoms with Gasteiger partial charge in [0.05, 0.1) is 13.2 Å². The van der Waals surface area contributed by atoms with E-state index < -0.39 is 37.6 Å². The zero-order valence-corrected chi connectivity index (χ0v) is 12.2. The van der Waals surface area contributed by atoms with Gasteiger partial charge < -0.3 is 36.3 Å². The largest absolute Gasteiger partial charge is 2.00 e. The molecule has 0 aromatic heterocycles. The van der Waals surface area contributed by atoms with Gasteiger partial charge in [0.25, 0.3) is 0 Å². The van der Waals surface area contributed by atoms with Crippen molar-refractivity contribution in [2.75, 3.05) is 13.2 Å². The second-order valence-electron chi connectivity index (χ2n) is 2.48. The van der Waals surface area contributed by atoms with Gasteiger partial charge in [0, 0.05) is 0 Å². The minimum absolute atomic E-state index is 0. The topological polar surface area (TPSA) is 121 Å². The van der Waals surface area contributed by atoms with Gasteiger partial charge in [-0.15, -0.1) is 0 Å². The number of rotatable bonds is 5. The van der Waals surface area contributed by atoms with Gasteiger partial charge in [-0.25, -0.2) is 0 Å². The first-order valence-electron chi connectivity index (χ1n) is 3.48. The average Bonchev–Trinajstić information content (AvgIpc) is 2.12. The molecule has 4 unspecified atom stereocenters. The summed E-state index contributed by atoms with van der Waals surface area (Å²) in [6, 6.07) is 0. The Balaban J connectivity index is -0.0000000403. The van der Waals surface area contributed by atoms with Crippen LogP contribution in [0.4, 0.5) is 0 Å². The smallest absolute Gasteiger partial charge is 1.00 e. The van der Waals surface area contributed by atoms with Crippen LogP contribution in [0.1, 0.15) is 5.71 Å². The summed E-state index contributed by atoms with van der Waals surface area (Å²) in [5, 5.41) is 52.2. The molecular formula is C6H18Ca2O6. The molecule has 0 aliphatic rings. The fourth-order valence-corrected chi connectivity index (χ4v) is 0.671. The summed E-state index contributed by atoms with van der Waals surface area (Å²) in [5.41, 5.74) is 0. The van der Waals surface area contributed by atoms with Crippen LogP contribution in [0, 0.1) is 0 Å². The summed E-state index contributed by atoms with van der Waals surface area (Å²) in [7, 11) is 0. The molecule has 4 atom stereocenters. The van der Waals surface area contributed by atoms with Crippen LogP contribution >= 0.6 is 0 Å². The van der Waals surface area contributed by atoms with E-state index >= 15 is 0 Å². The zero-order chi connectivity index (χ0) is 9.72. The van der Waals surface area contributed by atoms with Crippen LogP contribution in [0.3, 0.4) is 0 Å². The van der Waals surface area contributed by atoms with Crippen LogP contribution in [-0.4, -0.2) is 144 Å². The molecule has 14 heavy (non-hydrogen) atoms. The molecule has 0 heterocycles. The third-order valence-electron chi connectivity index (χ3n) is 1.51. The predicted octanol–water partition coefficient (Wildman–Crippen LogP) is -3.90. The first kappa shape index (κ1) is 21.6. The van der Waals surface area contributed by atoms with Crippen LogP contribution in [0.2, 0.25) is 0 Å². The van der Waals surface area contributed by atoms with Crippen molar-refractivity contribution in [3.05, 3.63) is 0 Å². The van der Waals surface area contributed by atoms with Crippen LogP contribution in [0.25, 0.3) is 0 Å². The molecule has 0 aromatic carbocycles. The Hall–Kier alpha value is 2.28. The predicted molar refractivity (Wildman–Crippen MR) is 54.2 cm³/mol. The van der Waals surface area contributed by atoms with E-state index in [1.165, 1.54) is 0 Å². The maximum Gasteiger partial charge on any atom is 2.00 e. The molecule has 82 valence electrons. The molecule has 0 aliphatic heterocycles. The van der Waals surface area contributed by atoms with Crippen molar-refractivity contribution >= 4 is 75.5 Å². The molecule has 0 rings (SSSR count). The van der Waals surface area contributed by atoms with Gasteiger partial charge in [0.2, 0.25) is 0 Å². The van der Waals surface area contributed by atoms with Crippen LogP contribution < -0.4 is 0 Å². The fraction of sp³-hybridized carbons (Fsp3) is 1.00. The number of aliphatic hydroxyl groups excluding tert-OH is 6.